The topological polar surface area (TPSA) is 66.4 Å². The number of carboxylic acid groups (broad SMARTS) is 1. The number of carbonyl (C=O) groups is 2. The third-order valence-corrected chi connectivity index (χ3v) is 4.72. The zero-order chi connectivity index (χ0) is 12.3. The van der Waals surface area contributed by atoms with E-state index in [0.717, 1.165) is 35.7 Å². The Kier molecular flexibility index (Phi) is 4.06. The predicted molar refractivity (Wildman–Crippen MR) is 69.1 cm³/mol. The van der Waals surface area contributed by atoms with Crippen molar-refractivity contribution < 1.29 is 14.7 Å². The Labute approximate surface area is 107 Å². The first-order valence-corrected chi connectivity index (χ1v) is 7.35. The molecule has 6 heteroatoms. The molecule has 0 aromatic carbocycles. The van der Waals surface area contributed by atoms with Crippen LogP contribution in [-0.2, 0) is 0 Å². The molecule has 0 unspecified atom stereocenters. The number of rotatable bonds is 3. The molecule has 0 saturated carbocycles. The van der Waals surface area contributed by atoms with E-state index >= 15 is 0 Å². The van der Waals surface area contributed by atoms with Gasteiger partial charge in [0.1, 0.15) is 4.88 Å². The number of amides is 1. The van der Waals surface area contributed by atoms with E-state index in [-0.39, 0.29) is 16.8 Å². The van der Waals surface area contributed by atoms with Gasteiger partial charge in [0.05, 0.1) is 4.88 Å². The standard InChI is InChI=1S/C11H13NO3S2/c13-10(12-7-3-5-16-6-4-7)8-1-2-9(17-8)11(14)15/h1-2,7H,3-6H2,(H,12,13)(H,14,15). The van der Waals surface area contributed by atoms with Gasteiger partial charge in [-0.25, -0.2) is 4.79 Å². The van der Waals surface area contributed by atoms with Gasteiger partial charge in [-0.15, -0.1) is 11.3 Å². The van der Waals surface area contributed by atoms with E-state index in [0.29, 0.717) is 4.88 Å². The second kappa shape index (κ2) is 5.55. The average molecular weight is 271 g/mol. The molecule has 1 aliphatic heterocycles. The molecule has 0 bridgehead atoms. The minimum atomic E-state index is -0.983. The van der Waals surface area contributed by atoms with Crippen molar-refractivity contribution in [1.82, 2.24) is 5.32 Å². The van der Waals surface area contributed by atoms with Gasteiger partial charge in [-0.2, -0.15) is 11.8 Å². The van der Waals surface area contributed by atoms with Crippen LogP contribution in [0.5, 0.6) is 0 Å². The van der Waals surface area contributed by atoms with Crippen LogP contribution in [0.2, 0.25) is 0 Å². The summed E-state index contributed by atoms with van der Waals surface area (Å²) in [6.07, 6.45) is 1.99. The molecule has 1 amide bonds. The highest BCUT2D eigenvalue weighted by molar-refractivity contribution is 7.99. The van der Waals surface area contributed by atoms with Crippen molar-refractivity contribution in [3.63, 3.8) is 0 Å². The maximum Gasteiger partial charge on any atom is 0.345 e. The van der Waals surface area contributed by atoms with Gasteiger partial charge < -0.3 is 10.4 Å². The van der Waals surface area contributed by atoms with E-state index in [9.17, 15) is 9.59 Å². The van der Waals surface area contributed by atoms with Crippen molar-refractivity contribution in [3.8, 4) is 0 Å². The summed E-state index contributed by atoms with van der Waals surface area (Å²) in [5, 5.41) is 11.7. The molecule has 17 heavy (non-hydrogen) atoms. The van der Waals surface area contributed by atoms with Crippen LogP contribution in [0.3, 0.4) is 0 Å². The SMILES string of the molecule is O=C(O)c1ccc(C(=O)NC2CCSCC2)s1. The molecule has 92 valence electrons. The molecule has 0 spiro atoms. The van der Waals surface area contributed by atoms with Crippen LogP contribution in [-0.4, -0.2) is 34.5 Å². The first-order chi connectivity index (χ1) is 8.16. The third kappa shape index (κ3) is 3.23. The fraction of sp³-hybridized carbons (Fsp3) is 0.455. The summed E-state index contributed by atoms with van der Waals surface area (Å²) in [7, 11) is 0. The van der Waals surface area contributed by atoms with Crippen LogP contribution in [0.4, 0.5) is 0 Å². The van der Waals surface area contributed by atoms with Gasteiger partial charge in [0.2, 0.25) is 0 Å². The van der Waals surface area contributed by atoms with Gasteiger partial charge in [0.25, 0.3) is 5.91 Å². The van der Waals surface area contributed by atoms with E-state index in [1.165, 1.54) is 6.07 Å². The summed E-state index contributed by atoms with van der Waals surface area (Å²) in [6, 6.07) is 3.28. The average Bonchev–Trinajstić information content (AvgIpc) is 2.79. The van der Waals surface area contributed by atoms with Gasteiger partial charge >= 0.3 is 5.97 Å². The molecule has 2 rings (SSSR count). The molecule has 1 aromatic rings. The summed E-state index contributed by atoms with van der Waals surface area (Å²) >= 11 is 2.92. The molecule has 2 heterocycles. The van der Waals surface area contributed by atoms with Crippen molar-refractivity contribution >= 4 is 35.0 Å². The molecule has 1 fully saturated rings. The van der Waals surface area contributed by atoms with E-state index < -0.39 is 5.97 Å². The van der Waals surface area contributed by atoms with Crippen LogP contribution in [0.1, 0.15) is 32.2 Å². The lowest BCUT2D eigenvalue weighted by atomic mass is 10.1. The molecule has 1 aromatic heterocycles. The van der Waals surface area contributed by atoms with E-state index in [2.05, 4.69) is 5.32 Å². The number of hydrogen-bond acceptors (Lipinski definition) is 4. The summed E-state index contributed by atoms with van der Waals surface area (Å²) in [6.45, 7) is 0. The van der Waals surface area contributed by atoms with E-state index in [1.54, 1.807) is 6.07 Å². The van der Waals surface area contributed by atoms with Gasteiger partial charge in [0.15, 0.2) is 0 Å². The molecule has 1 saturated heterocycles. The highest BCUT2D eigenvalue weighted by Crippen LogP contribution is 2.19. The minimum absolute atomic E-state index is 0.153. The third-order valence-electron chi connectivity index (χ3n) is 2.60. The fourth-order valence-electron chi connectivity index (χ4n) is 1.67. The minimum Gasteiger partial charge on any atom is -0.477 e. The summed E-state index contributed by atoms with van der Waals surface area (Å²) < 4.78 is 0. The molecule has 4 nitrogen and oxygen atoms in total. The Morgan fingerprint density at radius 2 is 1.88 bits per heavy atom. The lowest BCUT2D eigenvalue weighted by Crippen LogP contribution is -2.36. The van der Waals surface area contributed by atoms with Crippen molar-refractivity contribution in [2.45, 2.75) is 18.9 Å². The molecule has 0 aliphatic carbocycles. The highest BCUT2D eigenvalue weighted by atomic mass is 32.2. The maximum absolute atomic E-state index is 11.8. The second-order valence-corrected chi connectivity index (χ2v) is 6.14. The van der Waals surface area contributed by atoms with Crippen molar-refractivity contribution in [1.29, 1.82) is 0 Å². The van der Waals surface area contributed by atoms with E-state index in [1.807, 2.05) is 11.8 Å². The lowest BCUT2D eigenvalue weighted by Gasteiger charge is -2.22. The van der Waals surface area contributed by atoms with Crippen LogP contribution in [0.15, 0.2) is 12.1 Å². The van der Waals surface area contributed by atoms with Gasteiger partial charge in [0, 0.05) is 6.04 Å². The Morgan fingerprint density at radius 3 is 2.47 bits per heavy atom. The number of thiophene rings is 1. The molecule has 0 radical (unpaired) electrons. The van der Waals surface area contributed by atoms with Crippen LogP contribution < -0.4 is 5.32 Å². The fourth-order valence-corrected chi connectivity index (χ4v) is 3.53. The van der Waals surface area contributed by atoms with Gasteiger partial charge in [-0.1, -0.05) is 0 Å². The number of carboxylic acids is 1. The number of carbonyl (C=O) groups excluding carboxylic acids is 1. The summed E-state index contributed by atoms with van der Waals surface area (Å²) in [5.74, 6) is 1.02. The first kappa shape index (κ1) is 12.4. The molecule has 1 aliphatic rings. The molecular weight excluding hydrogens is 258 g/mol. The van der Waals surface area contributed by atoms with E-state index in [4.69, 9.17) is 5.11 Å². The molecule has 0 atom stereocenters. The Bertz CT molecular complexity index is 424. The van der Waals surface area contributed by atoms with Gasteiger partial charge in [-0.3, -0.25) is 4.79 Å². The second-order valence-electron chi connectivity index (χ2n) is 3.83. The van der Waals surface area contributed by atoms with Crippen molar-refractivity contribution in [3.05, 3.63) is 21.9 Å². The highest BCUT2D eigenvalue weighted by Gasteiger charge is 2.18. The smallest absolute Gasteiger partial charge is 0.345 e. The van der Waals surface area contributed by atoms with Crippen LogP contribution >= 0.6 is 23.1 Å². The first-order valence-electron chi connectivity index (χ1n) is 5.38. The van der Waals surface area contributed by atoms with Crippen molar-refractivity contribution in [2.24, 2.45) is 0 Å². The summed E-state index contributed by atoms with van der Waals surface area (Å²) in [4.78, 5) is 23.2. The largest absolute Gasteiger partial charge is 0.477 e. The lowest BCUT2D eigenvalue weighted by molar-refractivity contribution is 0.0702. The van der Waals surface area contributed by atoms with Crippen LogP contribution in [0, 0.1) is 0 Å². The number of aromatic carboxylic acids is 1. The Morgan fingerprint density at radius 1 is 1.24 bits per heavy atom. The molecular formula is C11H13NO3S2. The zero-order valence-corrected chi connectivity index (χ0v) is 10.8. The number of hydrogen-bond donors (Lipinski definition) is 2. The quantitative estimate of drug-likeness (QED) is 0.883. The molecule has 2 N–H and O–H groups in total. The normalized spacial score (nSPS) is 16.7. The summed E-state index contributed by atoms with van der Waals surface area (Å²) in [5.41, 5.74) is 0. The monoisotopic (exact) mass is 271 g/mol. The Hall–Kier alpha value is -1.01. The maximum atomic E-state index is 11.8. The van der Waals surface area contributed by atoms with Crippen LogP contribution in [0.25, 0.3) is 0 Å². The Balaban J connectivity index is 1.96. The van der Waals surface area contributed by atoms with Crippen molar-refractivity contribution in [2.75, 3.05) is 11.5 Å². The number of nitrogens with one attached hydrogen (secondary N) is 1. The number of thioether (sulfide) groups is 1. The predicted octanol–water partition coefficient (Wildman–Crippen LogP) is 2.07. The van der Waals surface area contributed by atoms with Gasteiger partial charge in [-0.05, 0) is 36.5 Å². The zero-order valence-electron chi connectivity index (χ0n) is 9.14.